The third-order valence-corrected chi connectivity index (χ3v) is 7.61. The Hall–Kier alpha value is -0.930. The minimum atomic E-state index is -0.491. The Morgan fingerprint density at radius 2 is 1.88 bits per heavy atom. The van der Waals surface area contributed by atoms with Crippen molar-refractivity contribution in [1.29, 1.82) is 0 Å². The molecular weight excluding hydrogens is 312 g/mol. The Bertz CT molecular complexity index is 623. The van der Waals surface area contributed by atoms with Crippen molar-refractivity contribution in [3.8, 4) is 0 Å². The third-order valence-electron chi connectivity index (χ3n) is 7.61. The maximum Gasteiger partial charge on any atom is 0.166 e. The maximum absolute atomic E-state index is 12.7. The molecule has 4 aliphatic rings. The van der Waals surface area contributed by atoms with E-state index in [-0.39, 0.29) is 0 Å². The molecular formula is C22H32O3. The van der Waals surface area contributed by atoms with Gasteiger partial charge in [0.15, 0.2) is 11.6 Å². The molecule has 0 aromatic carbocycles. The fourth-order valence-corrected chi connectivity index (χ4v) is 6.16. The van der Waals surface area contributed by atoms with E-state index in [0.29, 0.717) is 30.3 Å². The molecule has 0 aromatic rings. The third kappa shape index (κ3) is 2.84. The van der Waals surface area contributed by atoms with Gasteiger partial charge >= 0.3 is 0 Å². The van der Waals surface area contributed by atoms with Crippen molar-refractivity contribution >= 4 is 5.78 Å². The van der Waals surface area contributed by atoms with Crippen LogP contribution >= 0.6 is 0 Å². The molecule has 0 radical (unpaired) electrons. The number of hydrogen-bond acceptors (Lipinski definition) is 3. The molecule has 25 heavy (non-hydrogen) atoms. The zero-order valence-corrected chi connectivity index (χ0v) is 16.0. The van der Waals surface area contributed by atoms with Crippen LogP contribution in [0.3, 0.4) is 0 Å². The monoisotopic (exact) mass is 344 g/mol. The highest BCUT2D eigenvalue weighted by atomic mass is 16.7. The van der Waals surface area contributed by atoms with E-state index in [9.17, 15) is 4.79 Å². The van der Waals surface area contributed by atoms with Crippen LogP contribution in [0.4, 0.5) is 0 Å². The fraction of sp³-hybridized carbons (Fsp3) is 0.773. The lowest BCUT2D eigenvalue weighted by Gasteiger charge is -2.46. The van der Waals surface area contributed by atoms with Gasteiger partial charge < -0.3 is 9.47 Å². The van der Waals surface area contributed by atoms with Gasteiger partial charge in [-0.1, -0.05) is 24.1 Å². The zero-order chi connectivity index (χ0) is 17.7. The SMILES string of the molecule is C/C=C1\CCC2C3CCC(=O)C(CCC4(C)OCCO4)=C3CC[C@@]12C. The molecule has 3 aliphatic carbocycles. The summed E-state index contributed by atoms with van der Waals surface area (Å²) >= 11 is 0. The molecule has 1 saturated heterocycles. The minimum Gasteiger partial charge on any atom is -0.348 e. The molecule has 0 N–H and O–H groups in total. The van der Waals surface area contributed by atoms with Gasteiger partial charge in [-0.25, -0.2) is 0 Å². The van der Waals surface area contributed by atoms with Gasteiger partial charge in [0.05, 0.1) is 13.2 Å². The molecule has 0 aromatic heterocycles. The molecule has 0 spiro atoms. The Morgan fingerprint density at radius 3 is 2.60 bits per heavy atom. The second-order valence-corrected chi connectivity index (χ2v) is 8.78. The summed E-state index contributed by atoms with van der Waals surface area (Å²) in [6.45, 7) is 8.04. The normalized spacial score (nSPS) is 39.0. The molecule has 2 unspecified atom stereocenters. The summed E-state index contributed by atoms with van der Waals surface area (Å²) in [7, 11) is 0. The standard InChI is InChI=1S/C22H32O3/c1-4-15-5-7-19-17-6-8-20(23)18(16(17)9-11-21(15,19)2)10-12-22(3)24-13-14-25-22/h4,17,19H,5-14H2,1-3H3/b15-4+/t17?,19?,21-/m0/s1. The topological polar surface area (TPSA) is 35.5 Å². The predicted octanol–water partition coefficient (Wildman–Crippen LogP) is 4.96. The number of hydrogen-bond donors (Lipinski definition) is 0. The van der Waals surface area contributed by atoms with Crippen LogP contribution in [0.2, 0.25) is 0 Å². The smallest absolute Gasteiger partial charge is 0.166 e. The predicted molar refractivity (Wildman–Crippen MR) is 98.1 cm³/mol. The Morgan fingerprint density at radius 1 is 1.12 bits per heavy atom. The number of Topliss-reactive ketones (excluding diaryl/α,β-unsaturated/α-hetero) is 1. The quantitative estimate of drug-likeness (QED) is 0.679. The van der Waals surface area contributed by atoms with E-state index < -0.39 is 5.79 Å². The summed E-state index contributed by atoms with van der Waals surface area (Å²) in [5.41, 5.74) is 4.67. The first-order valence-corrected chi connectivity index (χ1v) is 10.2. The van der Waals surface area contributed by atoms with Gasteiger partial charge in [-0.15, -0.1) is 0 Å². The van der Waals surface area contributed by atoms with Gasteiger partial charge in [0.2, 0.25) is 0 Å². The van der Waals surface area contributed by atoms with E-state index in [0.717, 1.165) is 43.6 Å². The highest BCUT2D eigenvalue weighted by Gasteiger charge is 2.51. The van der Waals surface area contributed by atoms with Gasteiger partial charge in [-0.2, -0.15) is 0 Å². The molecule has 1 aliphatic heterocycles. The van der Waals surface area contributed by atoms with Gasteiger partial charge in [0.25, 0.3) is 0 Å². The molecule has 3 atom stereocenters. The number of ether oxygens (including phenoxy) is 2. The summed E-state index contributed by atoms with van der Waals surface area (Å²) in [5, 5.41) is 0. The minimum absolute atomic E-state index is 0.373. The molecule has 138 valence electrons. The summed E-state index contributed by atoms with van der Waals surface area (Å²) in [4.78, 5) is 12.7. The second kappa shape index (κ2) is 6.35. The van der Waals surface area contributed by atoms with Crippen molar-refractivity contribution in [3.05, 3.63) is 22.8 Å². The van der Waals surface area contributed by atoms with Crippen molar-refractivity contribution in [2.75, 3.05) is 13.2 Å². The van der Waals surface area contributed by atoms with Crippen molar-refractivity contribution in [1.82, 2.24) is 0 Å². The molecule has 2 saturated carbocycles. The van der Waals surface area contributed by atoms with Gasteiger partial charge in [-0.05, 0) is 75.2 Å². The molecule has 0 bridgehead atoms. The summed E-state index contributed by atoms with van der Waals surface area (Å²) in [5.74, 6) is 1.26. The first-order chi connectivity index (χ1) is 12.0. The van der Waals surface area contributed by atoms with Crippen LogP contribution in [0.5, 0.6) is 0 Å². The highest BCUT2D eigenvalue weighted by Crippen LogP contribution is 2.61. The summed E-state index contributed by atoms with van der Waals surface area (Å²) in [6.07, 6.45) is 10.7. The van der Waals surface area contributed by atoms with Crippen LogP contribution in [0.25, 0.3) is 0 Å². The van der Waals surface area contributed by atoms with E-state index in [1.165, 1.54) is 24.8 Å². The Balaban J connectivity index is 1.59. The van der Waals surface area contributed by atoms with E-state index >= 15 is 0 Å². The van der Waals surface area contributed by atoms with Crippen molar-refractivity contribution in [2.45, 2.75) is 77.9 Å². The van der Waals surface area contributed by atoms with Crippen LogP contribution in [-0.4, -0.2) is 24.8 Å². The summed E-state index contributed by atoms with van der Waals surface area (Å²) < 4.78 is 11.5. The lowest BCUT2D eigenvalue weighted by atomic mass is 9.58. The number of ketones is 1. The van der Waals surface area contributed by atoms with Gasteiger partial charge in [-0.3, -0.25) is 4.79 Å². The maximum atomic E-state index is 12.7. The number of allylic oxidation sites excluding steroid dienone is 4. The van der Waals surface area contributed by atoms with E-state index in [2.05, 4.69) is 19.9 Å². The lowest BCUT2D eigenvalue weighted by molar-refractivity contribution is -0.146. The number of rotatable bonds is 3. The summed E-state index contributed by atoms with van der Waals surface area (Å²) in [6, 6.07) is 0. The van der Waals surface area contributed by atoms with Crippen molar-refractivity contribution in [3.63, 3.8) is 0 Å². The number of fused-ring (bicyclic) bond motifs is 3. The van der Waals surface area contributed by atoms with E-state index in [4.69, 9.17) is 9.47 Å². The van der Waals surface area contributed by atoms with Crippen LogP contribution in [0, 0.1) is 17.3 Å². The largest absolute Gasteiger partial charge is 0.348 e. The average molecular weight is 344 g/mol. The van der Waals surface area contributed by atoms with Crippen LogP contribution in [-0.2, 0) is 14.3 Å². The van der Waals surface area contributed by atoms with Crippen molar-refractivity contribution < 1.29 is 14.3 Å². The van der Waals surface area contributed by atoms with Crippen LogP contribution in [0.15, 0.2) is 22.8 Å². The molecule has 4 rings (SSSR count). The van der Waals surface area contributed by atoms with Gasteiger partial charge in [0, 0.05) is 12.8 Å². The van der Waals surface area contributed by atoms with Crippen LogP contribution < -0.4 is 0 Å². The highest BCUT2D eigenvalue weighted by molar-refractivity contribution is 5.97. The van der Waals surface area contributed by atoms with Crippen molar-refractivity contribution in [2.24, 2.45) is 17.3 Å². The second-order valence-electron chi connectivity index (χ2n) is 8.78. The molecule has 3 fully saturated rings. The molecule has 3 heteroatoms. The zero-order valence-electron chi connectivity index (χ0n) is 16.0. The van der Waals surface area contributed by atoms with E-state index in [1.807, 2.05) is 6.92 Å². The Kier molecular flexibility index (Phi) is 4.44. The van der Waals surface area contributed by atoms with Crippen LogP contribution in [0.1, 0.15) is 72.1 Å². The molecule has 0 amide bonds. The van der Waals surface area contributed by atoms with Gasteiger partial charge in [0.1, 0.15) is 0 Å². The Labute approximate surface area is 151 Å². The fourth-order valence-electron chi connectivity index (χ4n) is 6.16. The average Bonchev–Trinajstić information content (AvgIpc) is 3.17. The first kappa shape index (κ1) is 17.5. The number of carbonyl (C=O) groups excluding carboxylic acids is 1. The molecule has 3 nitrogen and oxygen atoms in total. The number of carbonyl (C=O) groups is 1. The molecule has 1 heterocycles. The lowest BCUT2D eigenvalue weighted by Crippen LogP contribution is -2.38. The van der Waals surface area contributed by atoms with E-state index in [1.54, 1.807) is 5.57 Å². The first-order valence-electron chi connectivity index (χ1n) is 10.2.